The molecule has 0 aromatic rings. The Hall–Kier alpha value is 1.25. The minimum absolute atomic E-state index is 0.158. The molecule has 0 aliphatic heterocycles. The van der Waals surface area contributed by atoms with Crippen LogP contribution in [0.3, 0.4) is 0 Å². The molecule has 1 fully saturated rings. The largest absolute Gasteiger partial charge is 0.471 e. The molecule has 0 radical (unpaired) electrons. The number of halogens is 1. The highest BCUT2D eigenvalue weighted by atomic mass is 79.9. The first-order valence-electron chi connectivity index (χ1n) is 3.99. The second-order valence-electron chi connectivity index (χ2n) is 3.01. The summed E-state index contributed by atoms with van der Waals surface area (Å²) in [5.41, 5.74) is 0. The molecule has 0 aromatic carbocycles. The first-order chi connectivity index (χ1) is 4.43. The van der Waals surface area contributed by atoms with Crippen molar-refractivity contribution in [3.8, 4) is 0 Å². The molecule has 0 N–H and O–H groups in total. The molecule has 0 spiro atoms. The van der Waals surface area contributed by atoms with Gasteiger partial charge in [-0.1, -0.05) is 38.5 Å². The zero-order valence-electron chi connectivity index (χ0n) is 5.91. The number of rotatable bonds is 1. The quantitative estimate of drug-likeness (QED) is 0.452. The highest BCUT2D eigenvalue weighted by molar-refractivity contribution is 9.23. The van der Waals surface area contributed by atoms with E-state index >= 15 is 0 Å². The van der Waals surface area contributed by atoms with E-state index in [0.717, 1.165) is 4.05 Å². The molecule has 50 valence electrons. The summed E-state index contributed by atoms with van der Waals surface area (Å²) in [5, 5.41) is 0. The molecule has 0 bridgehead atoms. The van der Waals surface area contributed by atoms with Gasteiger partial charge in [-0.2, -0.15) is 0 Å². The summed E-state index contributed by atoms with van der Waals surface area (Å²) in [7, 11) is 0. The van der Waals surface area contributed by atoms with Crippen LogP contribution in [0, 0.1) is 0 Å². The number of hydrogen-bond acceptors (Lipinski definition) is 0. The van der Waals surface area contributed by atoms with Crippen LogP contribution in [0.25, 0.3) is 0 Å². The second-order valence-corrected chi connectivity index (χ2v) is 6.42. The van der Waals surface area contributed by atoms with Gasteiger partial charge in [-0.05, 0) is 0 Å². The molecule has 1 saturated carbocycles. The lowest BCUT2D eigenvalue weighted by molar-refractivity contribution is 0.698. The van der Waals surface area contributed by atoms with Gasteiger partial charge in [0.15, 0.2) is 0 Å². The van der Waals surface area contributed by atoms with Gasteiger partial charge in [0.1, 0.15) is 0 Å². The van der Waals surface area contributed by atoms with Crippen molar-refractivity contribution in [1.82, 2.24) is 0 Å². The maximum absolute atomic E-state index is 3.68. The first kappa shape index (κ1) is 8.34. The van der Waals surface area contributed by atoms with E-state index in [9.17, 15) is 0 Å². The van der Waals surface area contributed by atoms with E-state index in [4.69, 9.17) is 0 Å². The van der Waals surface area contributed by atoms with Gasteiger partial charge in [0, 0.05) is 0 Å². The van der Waals surface area contributed by atoms with Crippen molar-refractivity contribution in [2.45, 2.75) is 42.6 Å². The Labute approximate surface area is 73.4 Å². The molecule has 0 saturated heterocycles. The normalized spacial score (nSPS) is 22.8. The topological polar surface area (TPSA) is 0 Å². The lowest BCUT2D eigenvalue weighted by atomic mass is 10.2. The van der Waals surface area contributed by atoms with E-state index in [1.54, 1.807) is 0 Å². The summed E-state index contributed by atoms with van der Waals surface area (Å²) in [6, 6.07) is 0. The Morgan fingerprint density at radius 1 is 1.00 bits per heavy atom. The van der Waals surface area contributed by atoms with Gasteiger partial charge in [0.2, 0.25) is 0 Å². The Kier molecular flexibility index (Phi) is 4.61. The third-order valence-electron chi connectivity index (χ3n) is 2.19. The maximum Gasteiger partial charge on any atom is 0.471 e. The average molecular weight is 201 g/mol. The summed E-state index contributed by atoms with van der Waals surface area (Å²) in [6.07, 6.45) is 9.05. The zero-order valence-corrected chi connectivity index (χ0v) is 8.91. The second kappa shape index (κ2) is 4.97. The molecule has 0 atom stereocenters. The van der Waals surface area contributed by atoms with Crippen molar-refractivity contribution >= 4 is 31.1 Å². The Morgan fingerprint density at radius 3 is 2.00 bits per heavy atom. The van der Waals surface area contributed by atoms with Crippen molar-refractivity contribution in [2.24, 2.45) is 0 Å². The van der Waals surface area contributed by atoms with Crippen LogP contribution in [0.2, 0.25) is 4.05 Å². The van der Waals surface area contributed by atoms with Crippen LogP contribution in [-0.4, -0.2) is 18.2 Å². The Morgan fingerprint density at radius 2 is 1.56 bits per heavy atom. The molecular formula is C7H13BrMg. The van der Waals surface area contributed by atoms with E-state index in [1.165, 1.54) is 38.5 Å². The van der Waals surface area contributed by atoms with E-state index < -0.39 is 0 Å². The number of hydrogen-bond donors (Lipinski definition) is 0. The van der Waals surface area contributed by atoms with Crippen molar-refractivity contribution in [3.05, 3.63) is 0 Å². The first-order valence-corrected chi connectivity index (χ1v) is 8.71. The van der Waals surface area contributed by atoms with Crippen LogP contribution in [0.1, 0.15) is 38.5 Å². The lowest BCUT2D eigenvalue weighted by Gasteiger charge is -2.06. The van der Waals surface area contributed by atoms with Crippen molar-refractivity contribution in [3.63, 3.8) is 0 Å². The van der Waals surface area contributed by atoms with Gasteiger partial charge >= 0.3 is 18.2 Å². The molecule has 2 heteroatoms. The highest BCUT2D eigenvalue weighted by Crippen LogP contribution is 2.27. The highest BCUT2D eigenvalue weighted by Gasteiger charge is 2.12. The fourth-order valence-corrected chi connectivity index (χ4v) is 4.35. The molecule has 1 rings (SSSR count). The zero-order chi connectivity index (χ0) is 6.53. The van der Waals surface area contributed by atoms with Crippen LogP contribution in [-0.2, 0) is 0 Å². The van der Waals surface area contributed by atoms with Gasteiger partial charge in [0.05, 0.1) is 0 Å². The summed E-state index contributed by atoms with van der Waals surface area (Å²) >= 11 is 3.84. The Balaban J connectivity index is 2.18. The smallest absolute Gasteiger partial charge is 0.306 e. The third-order valence-corrected chi connectivity index (χ3v) is 6.19. The van der Waals surface area contributed by atoms with Crippen LogP contribution in [0.15, 0.2) is 0 Å². The molecule has 0 unspecified atom stereocenters. The van der Waals surface area contributed by atoms with Crippen LogP contribution in [0.4, 0.5) is 0 Å². The molecule has 1 aliphatic carbocycles. The molecule has 9 heavy (non-hydrogen) atoms. The molecule has 1 aliphatic rings. The van der Waals surface area contributed by atoms with Gasteiger partial charge in [-0.25, -0.2) is 0 Å². The van der Waals surface area contributed by atoms with E-state index in [0.29, 0.717) is 0 Å². The fraction of sp³-hybridized carbons (Fsp3) is 1.00. The molecule has 0 nitrogen and oxygen atoms in total. The molecule has 0 amide bonds. The minimum atomic E-state index is 0.158. The van der Waals surface area contributed by atoms with Crippen molar-refractivity contribution < 1.29 is 0 Å². The van der Waals surface area contributed by atoms with Crippen molar-refractivity contribution in [2.75, 3.05) is 0 Å². The standard InChI is InChI=1S/C7H13.BrH.Mg/c1-2-4-6-7-5-3-1;;/h1H,2-7H2;1H;/q;;+1/p-1. The van der Waals surface area contributed by atoms with Gasteiger partial charge in [0.25, 0.3) is 0 Å². The summed E-state index contributed by atoms with van der Waals surface area (Å²) in [6.45, 7) is 0. The average Bonchev–Trinajstić information content (AvgIpc) is 2.13. The van der Waals surface area contributed by atoms with Crippen LogP contribution < -0.4 is 0 Å². The summed E-state index contributed by atoms with van der Waals surface area (Å²) in [5.74, 6) is 0. The maximum atomic E-state index is 3.68. The monoisotopic (exact) mass is 200 g/mol. The molecule has 0 aromatic heterocycles. The predicted molar refractivity (Wildman–Crippen MR) is 46.1 cm³/mol. The summed E-state index contributed by atoms with van der Waals surface area (Å²) < 4.78 is 1.13. The van der Waals surface area contributed by atoms with Crippen LogP contribution >= 0.6 is 12.9 Å². The predicted octanol–water partition coefficient (Wildman–Crippen LogP) is 3.14. The third kappa shape index (κ3) is 3.24. The van der Waals surface area contributed by atoms with Crippen molar-refractivity contribution in [1.29, 1.82) is 0 Å². The van der Waals surface area contributed by atoms with Crippen LogP contribution in [0.5, 0.6) is 0 Å². The lowest BCUT2D eigenvalue weighted by Crippen LogP contribution is -1.94. The van der Waals surface area contributed by atoms with Gasteiger partial charge in [-0.3, -0.25) is 0 Å². The van der Waals surface area contributed by atoms with E-state index in [2.05, 4.69) is 12.9 Å². The molecular weight excluding hydrogens is 188 g/mol. The fourth-order valence-electron chi connectivity index (χ4n) is 1.52. The van der Waals surface area contributed by atoms with Gasteiger partial charge in [-0.15, -0.1) is 4.05 Å². The van der Waals surface area contributed by atoms with Gasteiger partial charge < -0.3 is 12.9 Å². The summed E-state index contributed by atoms with van der Waals surface area (Å²) in [4.78, 5) is 0. The Bertz CT molecular complexity index is 67.3. The minimum Gasteiger partial charge on any atom is -0.306 e. The molecule has 0 heterocycles. The van der Waals surface area contributed by atoms with E-state index in [-0.39, 0.29) is 18.2 Å². The SMILES string of the molecule is [Br][Mg][CH]1CCCCCC1. The van der Waals surface area contributed by atoms with E-state index in [1.807, 2.05) is 0 Å².